The van der Waals surface area contributed by atoms with Crippen LogP contribution < -0.4 is 4.90 Å². The fourth-order valence-electron chi connectivity index (χ4n) is 2.48. The molecule has 1 aliphatic rings. The molecule has 3 rings (SSSR count). The zero-order chi connectivity index (χ0) is 16.4. The molecule has 116 valence electrons. The van der Waals surface area contributed by atoms with Crippen molar-refractivity contribution < 1.29 is 14.3 Å². The maximum Gasteiger partial charge on any atom is 0.269 e. The molecule has 2 aromatic rings. The van der Waals surface area contributed by atoms with Crippen molar-refractivity contribution in [3.05, 3.63) is 70.9 Å². The zero-order valence-corrected chi connectivity index (χ0v) is 13.2. The number of hydrogen-bond acceptors (Lipinski definition) is 3. The van der Waals surface area contributed by atoms with Crippen LogP contribution in [0, 0.1) is 0 Å². The van der Waals surface area contributed by atoms with Crippen LogP contribution in [0.5, 0.6) is 0 Å². The van der Waals surface area contributed by atoms with Crippen LogP contribution in [0.2, 0.25) is 5.02 Å². The number of halogens is 1. The van der Waals surface area contributed by atoms with Gasteiger partial charge in [0.2, 0.25) is 0 Å². The van der Waals surface area contributed by atoms with Crippen LogP contribution in [0.1, 0.15) is 22.8 Å². The second-order valence-electron chi connectivity index (χ2n) is 4.96. The normalized spacial score (nSPS) is 15.7. The maximum absolute atomic E-state index is 12.8. The molecule has 0 bridgehead atoms. The van der Waals surface area contributed by atoms with E-state index < -0.39 is 5.91 Å². The lowest BCUT2D eigenvalue weighted by Crippen LogP contribution is -2.41. The Morgan fingerprint density at radius 3 is 2.48 bits per heavy atom. The highest BCUT2D eigenvalue weighted by molar-refractivity contribution is 6.41. The third-order valence-electron chi connectivity index (χ3n) is 3.52. The minimum absolute atomic E-state index is 0.349. The first-order chi connectivity index (χ1) is 11.1. The summed E-state index contributed by atoms with van der Waals surface area (Å²) in [4.78, 5) is 26.7. The van der Waals surface area contributed by atoms with Crippen molar-refractivity contribution >= 4 is 34.7 Å². The molecule has 2 amide bonds. The Balaban J connectivity index is 2.17. The van der Waals surface area contributed by atoms with Crippen LogP contribution in [0.25, 0.3) is 5.57 Å². The lowest BCUT2D eigenvalue weighted by Gasteiger charge is -2.28. The van der Waals surface area contributed by atoms with Crippen LogP contribution in [-0.4, -0.2) is 18.4 Å². The predicted octanol–water partition coefficient (Wildman–Crippen LogP) is 3.90. The molecule has 0 aliphatic carbocycles. The lowest BCUT2D eigenvalue weighted by molar-refractivity contribution is -0.113. The number of carbonyl (C=O) groups is 2. The number of anilines is 1. The molecule has 0 atom stereocenters. The molecule has 2 aromatic carbocycles. The smallest absolute Gasteiger partial charge is 0.269 e. The number of imide groups is 1. The molecule has 0 spiro atoms. The molecule has 0 fully saturated rings. The number of benzene rings is 2. The summed E-state index contributed by atoms with van der Waals surface area (Å²) in [6, 6.07) is 13.6. The quantitative estimate of drug-likeness (QED) is 0.488. The van der Waals surface area contributed by atoms with Crippen LogP contribution in [0.3, 0.4) is 0 Å². The molecule has 5 heteroatoms. The summed E-state index contributed by atoms with van der Waals surface area (Å²) in [5, 5.41) is 0.456. The molecule has 4 nitrogen and oxygen atoms in total. The number of amides is 2. The van der Waals surface area contributed by atoms with E-state index in [1.165, 1.54) is 6.26 Å². The third-order valence-corrected chi connectivity index (χ3v) is 3.75. The van der Waals surface area contributed by atoms with Gasteiger partial charge in [-0.25, -0.2) is 4.90 Å². The third kappa shape index (κ3) is 2.73. The molecule has 0 aromatic heterocycles. The Morgan fingerprint density at radius 1 is 1.04 bits per heavy atom. The Kier molecular flexibility index (Phi) is 4.17. The minimum Gasteiger partial charge on any atom is -0.501 e. The van der Waals surface area contributed by atoms with E-state index in [2.05, 4.69) is 0 Å². The molecule has 0 N–H and O–H groups in total. The van der Waals surface area contributed by atoms with E-state index in [0.717, 1.165) is 4.90 Å². The summed E-state index contributed by atoms with van der Waals surface area (Å²) in [7, 11) is 0. The maximum atomic E-state index is 12.8. The highest BCUT2D eigenvalue weighted by Crippen LogP contribution is 2.32. The van der Waals surface area contributed by atoms with Gasteiger partial charge in [-0.2, -0.15) is 0 Å². The average Bonchev–Trinajstić information content (AvgIpc) is 2.55. The first-order valence-electron chi connectivity index (χ1n) is 7.19. The van der Waals surface area contributed by atoms with E-state index in [-0.39, 0.29) is 5.91 Å². The molecule has 0 unspecified atom stereocenters. The van der Waals surface area contributed by atoms with Gasteiger partial charge in [0.1, 0.15) is 0 Å². The lowest BCUT2D eigenvalue weighted by atomic mass is 9.94. The molecule has 0 saturated heterocycles. The number of ether oxygens (including phenoxy) is 1. The summed E-state index contributed by atoms with van der Waals surface area (Å²) >= 11 is 5.99. The number of fused-ring (bicyclic) bond motifs is 1. The van der Waals surface area contributed by atoms with Gasteiger partial charge in [-0.05, 0) is 31.2 Å². The van der Waals surface area contributed by atoms with E-state index in [0.29, 0.717) is 34.0 Å². The molecule has 1 aliphatic heterocycles. The van der Waals surface area contributed by atoms with Crippen molar-refractivity contribution in [1.82, 2.24) is 0 Å². The summed E-state index contributed by atoms with van der Waals surface area (Å²) in [6.45, 7) is 2.26. The molecule has 0 radical (unpaired) electrons. The standard InChI is InChI=1S/C18H14ClNO3/c1-2-23-11-16-14-8-3-4-9-15(14)17(21)20(18(16)22)13-7-5-6-12(19)10-13/h3-11H,2H2,1H3. The second kappa shape index (κ2) is 6.26. The molecule has 23 heavy (non-hydrogen) atoms. The van der Waals surface area contributed by atoms with Crippen LogP contribution in [0.4, 0.5) is 5.69 Å². The minimum atomic E-state index is -0.426. The predicted molar refractivity (Wildman–Crippen MR) is 89.3 cm³/mol. The van der Waals surface area contributed by atoms with Crippen molar-refractivity contribution in [1.29, 1.82) is 0 Å². The molecular weight excluding hydrogens is 314 g/mol. The number of carbonyl (C=O) groups excluding carboxylic acids is 2. The highest BCUT2D eigenvalue weighted by atomic mass is 35.5. The monoisotopic (exact) mass is 327 g/mol. The van der Waals surface area contributed by atoms with Crippen molar-refractivity contribution in [3.63, 3.8) is 0 Å². The average molecular weight is 328 g/mol. The fourth-order valence-corrected chi connectivity index (χ4v) is 2.67. The van der Waals surface area contributed by atoms with Gasteiger partial charge in [0, 0.05) is 16.1 Å². The SMILES string of the molecule is CCOC=C1C(=O)N(c2cccc(Cl)c2)C(=O)c2ccccc21. The van der Waals surface area contributed by atoms with Gasteiger partial charge in [0.05, 0.1) is 24.1 Å². The Bertz CT molecular complexity index is 813. The number of nitrogens with zero attached hydrogens (tertiary/aromatic N) is 1. The fraction of sp³-hybridized carbons (Fsp3) is 0.111. The Morgan fingerprint density at radius 2 is 1.78 bits per heavy atom. The highest BCUT2D eigenvalue weighted by Gasteiger charge is 2.36. The summed E-state index contributed by atoms with van der Waals surface area (Å²) in [6.07, 6.45) is 1.41. The summed E-state index contributed by atoms with van der Waals surface area (Å²) < 4.78 is 5.30. The Labute approximate surface area is 138 Å². The number of rotatable bonds is 3. The summed E-state index contributed by atoms with van der Waals surface area (Å²) in [5.41, 5.74) is 1.82. The van der Waals surface area contributed by atoms with Gasteiger partial charge in [-0.15, -0.1) is 0 Å². The van der Waals surface area contributed by atoms with Crippen LogP contribution >= 0.6 is 11.6 Å². The van der Waals surface area contributed by atoms with E-state index >= 15 is 0 Å². The first-order valence-corrected chi connectivity index (χ1v) is 7.56. The first kappa shape index (κ1) is 15.3. The van der Waals surface area contributed by atoms with Gasteiger partial charge < -0.3 is 4.74 Å². The van der Waals surface area contributed by atoms with Gasteiger partial charge >= 0.3 is 0 Å². The van der Waals surface area contributed by atoms with Crippen LogP contribution in [-0.2, 0) is 9.53 Å². The second-order valence-corrected chi connectivity index (χ2v) is 5.39. The van der Waals surface area contributed by atoms with Crippen molar-refractivity contribution in [2.24, 2.45) is 0 Å². The van der Waals surface area contributed by atoms with E-state index in [4.69, 9.17) is 16.3 Å². The molecular formula is C18H14ClNO3. The number of hydrogen-bond donors (Lipinski definition) is 0. The van der Waals surface area contributed by atoms with E-state index in [1.54, 1.807) is 48.5 Å². The van der Waals surface area contributed by atoms with E-state index in [1.807, 2.05) is 6.92 Å². The van der Waals surface area contributed by atoms with Gasteiger partial charge in [0.15, 0.2) is 0 Å². The van der Waals surface area contributed by atoms with Crippen LogP contribution in [0.15, 0.2) is 54.8 Å². The largest absolute Gasteiger partial charge is 0.501 e. The Hall–Kier alpha value is -2.59. The van der Waals surface area contributed by atoms with Gasteiger partial charge in [-0.3, -0.25) is 9.59 Å². The summed E-state index contributed by atoms with van der Waals surface area (Å²) in [5.74, 6) is -0.800. The molecule has 1 heterocycles. The van der Waals surface area contributed by atoms with Gasteiger partial charge in [0.25, 0.3) is 11.8 Å². The van der Waals surface area contributed by atoms with Crippen molar-refractivity contribution in [2.45, 2.75) is 6.92 Å². The van der Waals surface area contributed by atoms with E-state index in [9.17, 15) is 9.59 Å². The molecule has 0 saturated carbocycles. The zero-order valence-electron chi connectivity index (χ0n) is 12.5. The van der Waals surface area contributed by atoms with Gasteiger partial charge in [-0.1, -0.05) is 35.9 Å². The topological polar surface area (TPSA) is 46.6 Å². The van der Waals surface area contributed by atoms with Crippen molar-refractivity contribution in [3.8, 4) is 0 Å². The van der Waals surface area contributed by atoms with Crippen molar-refractivity contribution in [2.75, 3.05) is 11.5 Å².